The van der Waals surface area contributed by atoms with Crippen LogP contribution < -0.4 is 4.74 Å². The SMILES string of the molecule is CCOc1ccccc1C(O)c1ccc(Cl)cc1. The largest absolute Gasteiger partial charge is 0.493 e. The van der Waals surface area contributed by atoms with Gasteiger partial charge in [0.25, 0.3) is 0 Å². The number of hydrogen-bond donors (Lipinski definition) is 1. The first-order valence-electron chi connectivity index (χ1n) is 5.87. The van der Waals surface area contributed by atoms with Gasteiger partial charge >= 0.3 is 0 Å². The van der Waals surface area contributed by atoms with Crippen LogP contribution in [-0.4, -0.2) is 11.7 Å². The van der Waals surface area contributed by atoms with E-state index in [4.69, 9.17) is 16.3 Å². The highest BCUT2D eigenvalue weighted by Crippen LogP contribution is 2.30. The predicted octanol–water partition coefficient (Wildman–Crippen LogP) is 3.82. The van der Waals surface area contributed by atoms with Crippen molar-refractivity contribution in [3.8, 4) is 5.75 Å². The quantitative estimate of drug-likeness (QED) is 0.908. The smallest absolute Gasteiger partial charge is 0.125 e. The van der Waals surface area contributed by atoms with Gasteiger partial charge < -0.3 is 9.84 Å². The van der Waals surface area contributed by atoms with Crippen molar-refractivity contribution in [2.45, 2.75) is 13.0 Å². The van der Waals surface area contributed by atoms with Gasteiger partial charge in [0.15, 0.2) is 0 Å². The molecule has 2 aromatic carbocycles. The van der Waals surface area contributed by atoms with Gasteiger partial charge in [-0.1, -0.05) is 41.9 Å². The molecule has 2 aromatic rings. The van der Waals surface area contributed by atoms with E-state index in [0.717, 1.165) is 11.1 Å². The van der Waals surface area contributed by atoms with Crippen LogP contribution in [0.1, 0.15) is 24.2 Å². The zero-order valence-corrected chi connectivity index (χ0v) is 10.9. The summed E-state index contributed by atoms with van der Waals surface area (Å²) in [6.45, 7) is 2.50. The minimum absolute atomic E-state index is 0.574. The fourth-order valence-corrected chi connectivity index (χ4v) is 1.94. The van der Waals surface area contributed by atoms with Gasteiger partial charge in [-0.25, -0.2) is 0 Å². The van der Waals surface area contributed by atoms with Crippen LogP contribution in [0.3, 0.4) is 0 Å². The molecule has 1 atom stereocenters. The maximum absolute atomic E-state index is 10.4. The van der Waals surface area contributed by atoms with Gasteiger partial charge in [-0.05, 0) is 30.7 Å². The summed E-state index contributed by atoms with van der Waals surface area (Å²) in [7, 11) is 0. The Labute approximate surface area is 112 Å². The number of rotatable bonds is 4. The van der Waals surface area contributed by atoms with E-state index in [2.05, 4.69) is 0 Å². The number of aliphatic hydroxyl groups is 1. The van der Waals surface area contributed by atoms with Gasteiger partial charge in [-0.2, -0.15) is 0 Å². The summed E-state index contributed by atoms with van der Waals surface area (Å²) < 4.78 is 5.52. The first-order chi connectivity index (χ1) is 8.72. The molecule has 0 bridgehead atoms. The maximum atomic E-state index is 10.4. The highest BCUT2D eigenvalue weighted by molar-refractivity contribution is 6.30. The van der Waals surface area contributed by atoms with Crippen molar-refractivity contribution in [1.29, 1.82) is 0 Å². The molecule has 0 saturated carbocycles. The van der Waals surface area contributed by atoms with Gasteiger partial charge in [-0.3, -0.25) is 0 Å². The van der Waals surface area contributed by atoms with Crippen LogP contribution in [0, 0.1) is 0 Å². The Morgan fingerprint density at radius 2 is 1.78 bits per heavy atom. The van der Waals surface area contributed by atoms with Crippen molar-refractivity contribution in [2.24, 2.45) is 0 Å². The van der Waals surface area contributed by atoms with Crippen LogP contribution in [0.15, 0.2) is 48.5 Å². The molecule has 1 unspecified atom stereocenters. The van der Waals surface area contributed by atoms with Gasteiger partial charge in [0.05, 0.1) is 6.61 Å². The van der Waals surface area contributed by atoms with Gasteiger partial charge in [0.1, 0.15) is 11.9 Å². The van der Waals surface area contributed by atoms with E-state index >= 15 is 0 Å². The van der Waals surface area contributed by atoms with E-state index in [1.54, 1.807) is 12.1 Å². The highest BCUT2D eigenvalue weighted by Gasteiger charge is 2.14. The summed E-state index contributed by atoms with van der Waals surface area (Å²) in [5.74, 6) is 0.711. The average Bonchev–Trinajstić information content (AvgIpc) is 2.40. The maximum Gasteiger partial charge on any atom is 0.125 e. The number of para-hydroxylation sites is 1. The van der Waals surface area contributed by atoms with Gasteiger partial charge in [-0.15, -0.1) is 0 Å². The average molecular weight is 263 g/mol. The summed E-state index contributed by atoms with van der Waals surface area (Å²) in [6, 6.07) is 14.7. The molecule has 0 aromatic heterocycles. The molecule has 2 nitrogen and oxygen atoms in total. The van der Waals surface area contributed by atoms with Crippen LogP contribution in [0.5, 0.6) is 5.75 Å². The lowest BCUT2D eigenvalue weighted by Gasteiger charge is -2.16. The van der Waals surface area contributed by atoms with E-state index in [9.17, 15) is 5.11 Å². The third kappa shape index (κ3) is 2.84. The summed E-state index contributed by atoms with van der Waals surface area (Å²) in [5.41, 5.74) is 1.56. The van der Waals surface area contributed by atoms with Crippen molar-refractivity contribution < 1.29 is 9.84 Å². The lowest BCUT2D eigenvalue weighted by atomic mass is 10.0. The van der Waals surface area contributed by atoms with E-state index in [0.29, 0.717) is 17.4 Å². The Kier molecular flexibility index (Phi) is 4.24. The molecule has 0 aliphatic carbocycles. The monoisotopic (exact) mass is 262 g/mol. The molecule has 0 aliphatic heterocycles. The standard InChI is InChI=1S/C15H15ClO2/c1-2-18-14-6-4-3-5-13(14)15(17)11-7-9-12(16)10-8-11/h3-10,15,17H,2H2,1H3. The zero-order chi connectivity index (χ0) is 13.0. The predicted molar refractivity (Wildman–Crippen MR) is 73.1 cm³/mol. The van der Waals surface area contributed by atoms with E-state index in [1.807, 2.05) is 43.3 Å². The van der Waals surface area contributed by atoms with E-state index in [1.165, 1.54) is 0 Å². The Bertz CT molecular complexity index is 508. The second-order valence-electron chi connectivity index (χ2n) is 3.92. The summed E-state index contributed by atoms with van der Waals surface area (Å²) >= 11 is 5.84. The molecule has 0 aliphatic rings. The Morgan fingerprint density at radius 1 is 1.11 bits per heavy atom. The number of aliphatic hydroxyl groups excluding tert-OH is 1. The molecule has 0 saturated heterocycles. The van der Waals surface area contributed by atoms with Gasteiger partial charge in [0.2, 0.25) is 0 Å². The third-order valence-corrected chi connectivity index (χ3v) is 2.95. The van der Waals surface area contributed by atoms with Crippen LogP contribution in [0.25, 0.3) is 0 Å². The van der Waals surface area contributed by atoms with Gasteiger partial charge in [0, 0.05) is 10.6 Å². The molecular weight excluding hydrogens is 248 g/mol. The summed E-state index contributed by atoms with van der Waals surface area (Å²) in [6.07, 6.45) is -0.704. The molecule has 0 radical (unpaired) electrons. The van der Waals surface area contributed by atoms with Crippen LogP contribution in [-0.2, 0) is 0 Å². The zero-order valence-electron chi connectivity index (χ0n) is 10.1. The minimum atomic E-state index is -0.704. The first-order valence-corrected chi connectivity index (χ1v) is 6.25. The second-order valence-corrected chi connectivity index (χ2v) is 4.36. The summed E-state index contributed by atoms with van der Waals surface area (Å²) in [5, 5.41) is 11.0. The van der Waals surface area contributed by atoms with Crippen LogP contribution >= 0.6 is 11.6 Å². The Balaban J connectivity index is 2.33. The molecule has 2 rings (SSSR count). The van der Waals surface area contributed by atoms with E-state index in [-0.39, 0.29) is 0 Å². The van der Waals surface area contributed by atoms with Crippen molar-refractivity contribution >= 4 is 11.6 Å². The lowest BCUT2D eigenvalue weighted by molar-refractivity contribution is 0.212. The molecule has 0 heterocycles. The molecule has 0 fully saturated rings. The molecular formula is C15H15ClO2. The van der Waals surface area contributed by atoms with E-state index < -0.39 is 6.10 Å². The third-order valence-electron chi connectivity index (χ3n) is 2.70. The Morgan fingerprint density at radius 3 is 2.44 bits per heavy atom. The lowest BCUT2D eigenvalue weighted by Crippen LogP contribution is -2.03. The molecule has 0 spiro atoms. The minimum Gasteiger partial charge on any atom is -0.493 e. The van der Waals surface area contributed by atoms with Crippen molar-refractivity contribution in [1.82, 2.24) is 0 Å². The normalized spacial score (nSPS) is 12.2. The van der Waals surface area contributed by atoms with Crippen molar-refractivity contribution in [2.75, 3.05) is 6.61 Å². The van der Waals surface area contributed by atoms with Crippen LogP contribution in [0.2, 0.25) is 5.02 Å². The number of halogens is 1. The van der Waals surface area contributed by atoms with Crippen LogP contribution in [0.4, 0.5) is 0 Å². The first kappa shape index (κ1) is 12.9. The van der Waals surface area contributed by atoms with Crippen molar-refractivity contribution in [3.05, 3.63) is 64.7 Å². The molecule has 94 valence electrons. The number of ether oxygens (including phenoxy) is 1. The highest BCUT2D eigenvalue weighted by atomic mass is 35.5. The topological polar surface area (TPSA) is 29.5 Å². The number of hydrogen-bond acceptors (Lipinski definition) is 2. The molecule has 0 amide bonds. The molecule has 18 heavy (non-hydrogen) atoms. The second kappa shape index (κ2) is 5.89. The van der Waals surface area contributed by atoms with Crippen molar-refractivity contribution in [3.63, 3.8) is 0 Å². The fourth-order valence-electron chi connectivity index (χ4n) is 1.82. The summed E-state index contributed by atoms with van der Waals surface area (Å²) in [4.78, 5) is 0. The molecule has 3 heteroatoms. The Hall–Kier alpha value is -1.51. The fraction of sp³-hybridized carbons (Fsp3) is 0.200. The number of benzene rings is 2. The molecule has 1 N–H and O–H groups in total.